The van der Waals surface area contributed by atoms with Gasteiger partial charge in [-0.3, -0.25) is 9.36 Å². The Labute approximate surface area is 171 Å². The van der Waals surface area contributed by atoms with Gasteiger partial charge in [-0.2, -0.15) is 0 Å². The second-order valence-corrected chi connectivity index (χ2v) is 7.72. The Morgan fingerprint density at radius 3 is 2.52 bits per heavy atom. The Bertz CT molecular complexity index is 1320. The molecule has 0 atom stereocenters. The predicted octanol–water partition coefficient (Wildman–Crippen LogP) is 4.38. The monoisotopic (exact) mass is 398 g/mol. The first-order valence-corrected chi connectivity index (χ1v) is 10.4. The Morgan fingerprint density at radius 2 is 1.66 bits per heavy atom. The van der Waals surface area contributed by atoms with Crippen molar-refractivity contribution in [2.24, 2.45) is 0 Å². The second kappa shape index (κ2) is 7.56. The molecule has 0 bridgehead atoms. The van der Waals surface area contributed by atoms with E-state index in [9.17, 15) is 4.79 Å². The van der Waals surface area contributed by atoms with Crippen LogP contribution in [0.3, 0.4) is 0 Å². The third-order valence-corrected chi connectivity index (χ3v) is 5.78. The van der Waals surface area contributed by atoms with Gasteiger partial charge < -0.3 is 4.40 Å². The largest absolute Gasteiger partial charge is 0.307 e. The number of benzene rings is 2. The molecule has 3 aromatic heterocycles. The fraction of sp³-hybridized carbons (Fsp3) is 0.0870. The number of pyridine rings is 1. The smallest absolute Gasteiger partial charge is 0.262 e. The number of hydrogen-bond donors (Lipinski definition) is 0. The standard InChI is InChI=1S/C23H18N4OS/c28-22-19-10-4-5-11-20(19)25-23(27(22)14-17-8-2-1-3-9-17)29-16-18-15-26-13-7-6-12-21(26)24-18/h1-13,15H,14,16H2. The summed E-state index contributed by atoms with van der Waals surface area (Å²) in [4.78, 5) is 22.6. The lowest BCUT2D eigenvalue weighted by Gasteiger charge is -2.13. The maximum Gasteiger partial charge on any atom is 0.262 e. The van der Waals surface area contributed by atoms with Crippen molar-refractivity contribution in [2.75, 3.05) is 0 Å². The Morgan fingerprint density at radius 1 is 0.862 bits per heavy atom. The van der Waals surface area contributed by atoms with Crippen molar-refractivity contribution >= 4 is 28.3 Å². The average Bonchev–Trinajstić information content (AvgIpc) is 3.18. The van der Waals surface area contributed by atoms with Gasteiger partial charge in [0.05, 0.1) is 23.1 Å². The van der Waals surface area contributed by atoms with E-state index in [0.717, 1.165) is 22.4 Å². The summed E-state index contributed by atoms with van der Waals surface area (Å²) in [6, 6.07) is 23.4. The number of hydrogen-bond acceptors (Lipinski definition) is 4. The topological polar surface area (TPSA) is 52.2 Å². The van der Waals surface area contributed by atoms with E-state index >= 15 is 0 Å². The van der Waals surface area contributed by atoms with E-state index in [1.54, 1.807) is 4.57 Å². The summed E-state index contributed by atoms with van der Waals surface area (Å²) in [5.41, 5.74) is 3.64. The molecule has 0 aliphatic carbocycles. The van der Waals surface area contributed by atoms with Crippen LogP contribution < -0.4 is 5.56 Å². The van der Waals surface area contributed by atoms with Crippen molar-refractivity contribution in [2.45, 2.75) is 17.5 Å². The molecule has 0 spiro atoms. The first-order chi connectivity index (χ1) is 14.3. The first kappa shape index (κ1) is 17.7. The van der Waals surface area contributed by atoms with Crippen LogP contribution in [0, 0.1) is 0 Å². The molecule has 0 N–H and O–H groups in total. The van der Waals surface area contributed by atoms with Gasteiger partial charge in [0.2, 0.25) is 0 Å². The molecule has 2 aromatic carbocycles. The lowest BCUT2D eigenvalue weighted by Crippen LogP contribution is -2.24. The van der Waals surface area contributed by atoms with Crippen molar-refractivity contribution in [3.63, 3.8) is 0 Å². The molecule has 29 heavy (non-hydrogen) atoms. The summed E-state index contributed by atoms with van der Waals surface area (Å²) in [6.45, 7) is 0.491. The minimum atomic E-state index is -0.0167. The molecule has 5 nitrogen and oxygen atoms in total. The molecule has 0 aliphatic rings. The van der Waals surface area contributed by atoms with Crippen molar-refractivity contribution in [1.82, 2.24) is 18.9 Å². The summed E-state index contributed by atoms with van der Waals surface area (Å²) in [5, 5.41) is 1.34. The third-order valence-electron chi connectivity index (χ3n) is 4.77. The quantitative estimate of drug-likeness (QED) is 0.326. The number of aromatic nitrogens is 4. The van der Waals surface area contributed by atoms with E-state index in [1.807, 2.05) is 89.6 Å². The molecular formula is C23H18N4OS. The molecule has 0 unspecified atom stereocenters. The van der Waals surface area contributed by atoms with Gasteiger partial charge in [0, 0.05) is 18.1 Å². The molecule has 5 rings (SSSR count). The molecule has 142 valence electrons. The minimum absolute atomic E-state index is 0.0167. The lowest BCUT2D eigenvalue weighted by molar-refractivity contribution is 0.658. The normalized spacial score (nSPS) is 11.3. The molecule has 0 saturated heterocycles. The molecule has 0 radical (unpaired) electrons. The lowest BCUT2D eigenvalue weighted by atomic mass is 10.2. The van der Waals surface area contributed by atoms with E-state index < -0.39 is 0 Å². The highest BCUT2D eigenvalue weighted by molar-refractivity contribution is 7.98. The summed E-state index contributed by atoms with van der Waals surface area (Å²) in [6.07, 6.45) is 4.00. The van der Waals surface area contributed by atoms with Crippen molar-refractivity contribution < 1.29 is 0 Å². The summed E-state index contributed by atoms with van der Waals surface area (Å²) < 4.78 is 3.76. The summed E-state index contributed by atoms with van der Waals surface area (Å²) in [7, 11) is 0. The Kier molecular flexibility index (Phi) is 4.62. The van der Waals surface area contributed by atoms with Gasteiger partial charge in [0.25, 0.3) is 5.56 Å². The van der Waals surface area contributed by atoms with Crippen LogP contribution in [0.25, 0.3) is 16.6 Å². The molecular weight excluding hydrogens is 380 g/mol. The minimum Gasteiger partial charge on any atom is -0.307 e. The highest BCUT2D eigenvalue weighted by Crippen LogP contribution is 2.23. The molecule has 5 aromatic rings. The zero-order chi connectivity index (χ0) is 19.6. The van der Waals surface area contributed by atoms with Gasteiger partial charge in [-0.1, -0.05) is 60.3 Å². The summed E-state index contributed by atoms with van der Waals surface area (Å²) >= 11 is 1.54. The van der Waals surface area contributed by atoms with Crippen molar-refractivity contribution in [1.29, 1.82) is 0 Å². The SMILES string of the molecule is O=c1c2ccccc2nc(SCc2cn3ccccc3n2)n1Cc1ccccc1. The van der Waals surface area contributed by atoms with Crippen LogP contribution >= 0.6 is 11.8 Å². The van der Waals surface area contributed by atoms with Crippen LogP contribution in [0.15, 0.2) is 95.1 Å². The van der Waals surface area contributed by atoms with E-state index in [1.165, 1.54) is 11.8 Å². The second-order valence-electron chi connectivity index (χ2n) is 6.78. The summed E-state index contributed by atoms with van der Waals surface area (Å²) in [5.74, 6) is 0.640. The van der Waals surface area contributed by atoms with Gasteiger partial charge in [0.15, 0.2) is 5.16 Å². The van der Waals surface area contributed by atoms with Crippen LogP contribution in [0.2, 0.25) is 0 Å². The molecule has 0 saturated carbocycles. The zero-order valence-corrected chi connectivity index (χ0v) is 16.4. The van der Waals surface area contributed by atoms with Gasteiger partial charge in [-0.15, -0.1) is 0 Å². The maximum atomic E-state index is 13.2. The molecule has 0 aliphatic heterocycles. The number of para-hydroxylation sites is 1. The van der Waals surface area contributed by atoms with Gasteiger partial charge in [-0.25, -0.2) is 9.97 Å². The number of nitrogens with zero attached hydrogens (tertiary/aromatic N) is 4. The molecule has 0 fully saturated rings. The number of rotatable bonds is 5. The van der Waals surface area contributed by atoms with Crippen molar-refractivity contribution in [3.8, 4) is 0 Å². The number of imidazole rings is 1. The Balaban J connectivity index is 1.53. The molecule has 6 heteroatoms. The third kappa shape index (κ3) is 3.54. The first-order valence-electron chi connectivity index (χ1n) is 9.37. The Hall–Kier alpha value is -3.38. The van der Waals surface area contributed by atoms with E-state index in [4.69, 9.17) is 4.98 Å². The number of thioether (sulfide) groups is 1. The zero-order valence-electron chi connectivity index (χ0n) is 15.6. The highest BCUT2D eigenvalue weighted by atomic mass is 32.2. The van der Waals surface area contributed by atoms with Crippen LogP contribution in [0.1, 0.15) is 11.3 Å². The van der Waals surface area contributed by atoms with Crippen LogP contribution in [-0.2, 0) is 12.3 Å². The highest BCUT2D eigenvalue weighted by Gasteiger charge is 2.13. The molecule has 3 heterocycles. The predicted molar refractivity (Wildman–Crippen MR) is 116 cm³/mol. The average molecular weight is 398 g/mol. The van der Waals surface area contributed by atoms with E-state index in [-0.39, 0.29) is 5.56 Å². The van der Waals surface area contributed by atoms with Gasteiger partial charge >= 0.3 is 0 Å². The van der Waals surface area contributed by atoms with Crippen LogP contribution in [0.4, 0.5) is 0 Å². The van der Waals surface area contributed by atoms with Crippen molar-refractivity contribution in [3.05, 3.63) is 107 Å². The fourth-order valence-electron chi connectivity index (χ4n) is 3.36. The van der Waals surface area contributed by atoms with Gasteiger partial charge in [0.1, 0.15) is 5.65 Å². The fourth-order valence-corrected chi connectivity index (χ4v) is 4.24. The van der Waals surface area contributed by atoms with Crippen LogP contribution in [0.5, 0.6) is 0 Å². The van der Waals surface area contributed by atoms with Gasteiger partial charge in [-0.05, 0) is 29.8 Å². The molecule has 0 amide bonds. The van der Waals surface area contributed by atoms with E-state index in [2.05, 4.69) is 4.98 Å². The van der Waals surface area contributed by atoms with E-state index in [0.29, 0.717) is 22.8 Å². The maximum absolute atomic E-state index is 13.2. The number of fused-ring (bicyclic) bond motifs is 2. The van der Waals surface area contributed by atoms with Crippen LogP contribution in [-0.4, -0.2) is 18.9 Å².